The molecule has 220 valence electrons. The second-order valence-corrected chi connectivity index (χ2v) is 11.2. The maximum Gasteiger partial charge on any atom is 0.332 e. The predicted octanol–water partition coefficient (Wildman–Crippen LogP) is 6.93. The molecule has 0 unspecified atom stereocenters. The number of hydrogen-bond acceptors (Lipinski definition) is 5. The predicted molar refractivity (Wildman–Crippen MR) is 164 cm³/mol. The molecule has 0 N–H and O–H groups in total. The molecule has 3 aromatic rings. The van der Waals surface area contributed by atoms with E-state index in [-0.39, 0.29) is 11.2 Å². The van der Waals surface area contributed by atoms with E-state index in [1.165, 1.54) is 79.8 Å². The van der Waals surface area contributed by atoms with Crippen LogP contribution in [0.1, 0.15) is 104 Å². The van der Waals surface area contributed by atoms with Gasteiger partial charge < -0.3 is 14.2 Å². The second kappa shape index (κ2) is 15.1. The molecular weight excluding hydrogens is 502 g/mol. The first kappa shape index (κ1) is 29.9. The highest BCUT2D eigenvalue weighted by Crippen LogP contribution is 2.32. The minimum Gasteiger partial charge on any atom is -0.494 e. The highest BCUT2D eigenvalue weighted by Gasteiger charge is 2.28. The van der Waals surface area contributed by atoms with Crippen molar-refractivity contribution in [1.82, 2.24) is 18.7 Å². The van der Waals surface area contributed by atoms with Gasteiger partial charge in [-0.25, -0.2) is 4.79 Å². The number of ether oxygens (including phenoxy) is 1. The molecule has 2 aromatic heterocycles. The fourth-order valence-electron chi connectivity index (χ4n) is 5.87. The summed E-state index contributed by atoms with van der Waals surface area (Å²) in [6.45, 7) is 6.71. The summed E-state index contributed by atoms with van der Waals surface area (Å²) in [7, 11) is 1.72. The first-order chi connectivity index (χ1) is 19.6. The molecule has 0 saturated carbocycles. The average molecular weight is 552 g/mol. The normalized spacial score (nSPS) is 12.9. The van der Waals surface area contributed by atoms with Gasteiger partial charge in [0.2, 0.25) is 5.95 Å². The molecule has 1 aliphatic heterocycles. The Morgan fingerprint density at radius 2 is 1.35 bits per heavy atom. The zero-order valence-corrected chi connectivity index (χ0v) is 25.0. The molecule has 0 aliphatic carbocycles. The Morgan fingerprint density at radius 3 is 1.93 bits per heavy atom. The van der Waals surface area contributed by atoms with Gasteiger partial charge >= 0.3 is 5.69 Å². The Hall–Kier alpha value is -3.03. The van der Waals surface area contributed by atoms with E-state index in [1.807, 2.05) is 35.8 Å². The summed E-state index contributed by atoms with van der Waals surface area (Å²) < 4.78 is 10.5. The number of unbranched alkanes of at least 4 members (excludes halogenated alkanes) is 13. The van der Waals surface area contributed by atoms with Gasteiger partial charge in [0.25, 0.3) is 5.56 Å². The van der Waals surface area contributed by atoms with Crippen molar-refractivity contribution in [3.63, 3.8) is 0 Å². The summed E-state index contributed by atoms with van der Waals surface area (Å²) in [5.74, 6) is 1.54. The van der Waals surface area contributed by atoms with E-state index in [2.05, 4.69) is 11.8 Å². The first-order valence-electron chi connectivity index (χ1n) is 15.8. The van der Waals surface area contributed by atoms with E-state index in [4.69, 9.17) is 9.72 Å². The zero-order chi connectivity index (χ0) is 28.3. The van der Waals surface area contributed by atoms with Crippen LogP contribution in [0.15, 0.2) is 33.9 Å². The standard InChI is InChI=1S/C32H49N5O3/c1-4-6-7-8-9-10-11-12-13-14-15-16-17-18-23-37-30(38)28-29(34(3)32(37)39)33-31-35(24-25-36(28)31)26-19-21-27(22-20-26)40-5-2/h19-22H,4-18,23-25H2,1-3H3. The molecule has 0 spiro atoms. The third kappa shape index (κ3) is 7.18. The molecule has 8 heteroatoms. The van der Waals surface area contributed by atoms with Crippen LogP contribution in [0.3, 0.4) is 0 Å². The largest absolute Gasteiger partial charge is 0.494 e. The van der Waals surface area contributed by atoms with Crippen LogP contribution < -0.4 is 20.9 Å². The summed E-state index contributed by atoms with van der Waals surface area (Å²) in [5, 5.41) is 0. The Bertz CT molecular complexity index is 1320. The van der Waals surface area contributed by atoms with Gasteiger partial charge in [-0.3, -0.25) is 13.9 Å². The molecule has 4 rings (SSSR count). The molecule has 0 saturated heterocycles. The number of hydrogen-bond donors (Lipinski definition) is 0. The molecule has 3 heterocycles. The van der Waals surface area contributed by atoms with Crippen molar-refractivity contribution in [2.75, 3.05) is 18.1 Å². The molecule has 0 bridgehead atoms. The molecule has 40 heavy (non-hydrogen) atoms. The Kier molecular flexibility index (Phi) is 11.3. The van der Waals surface area contributed by atoms with Gasteiger partial charge in [-0.1, -0.05) is 90.4 Å². The van der Waals surface area contributed by atoms with E-state index in [1.54, 1.807) is 7.05 Å². The SMILES string of the molecule is CCCCCCCCCCCCCCCCn1c(=O)c2c(nc3n2CCN3c2ccc(OCC)cc2)n(C)c1=O. The number of aromatic nitrogens is 4. The number of benzene rings is 1. The van der Waals surface area contributed by atoms with Crippen LogP contribution >= 0.6 is 0 Å². The van der Waals surface area contributed by atoms with Crippen molar-refractivity contribution in [2.24, 2.45) is 7.05 Å². The Balaban J connectivity index is 1.28. The van der Waals surface area contributed by atoms with E-state index < -0.39 is 0 Å². The molecule has 8 nitrogen and oxygen atoms in total. The quantitative estimate of drug-likeness (QED) is 0.160. The van der Waals surface area contributed by atoms with Gasteiger partial charge in [0.05, 0.1) is 6.61 Å². The summed E-state index contributed by atoms with van der Waals surface area (Å²) >= 11 is 0. The maximum absolute atomic E-state index is 13.5. The lowest BCUT2D eigenvalue weighted by Crippen LogP contribution is -2.39. The topological polar surface area (TPSA) is 74.3 Å². The van der Waals surface area contributed by atoms with Crippen molar-refractivity contribution in [1.29, 1.82) is 0 Å². The third-order valence-corrected chi connectivity index (χ3v) is 8.20. The maximum atomic E-state index is 13.5. The van der Waals surface area contributed by atoms with Crippen LogP contribution in [0.5, 0.6) is 5.75 Å². The van der Waals surface area contributed by atoms with Crippen molar-refractivity contribution in [3.05, 3.63) is 45.1 Å². The average Bonchev–Trinajstić information content (AvgIpc) is 3.54. The fraction of sp³-hybridized carbons (Fsp3) is 0.656. The fourth-order valence-corrected chi connectivity index (χ4v) is 5.87. The number of anilines is 2. The molecule has 1 aromatic carbocycles. The first-order valence-corrected chi connectivity index (χ1v) is 15.8. The highest BCUT2D eigenvalue weighted by atomic mass is 16.5. The van der Waals surface area contributed by atoms with Crippen LogP contribution in [0.25, 0.3) is 11.2 Å². The minimum absolute atomic E-state index is 0.222. The van der Waals surface area contributed by atoms with Crippen LogP contribution in [0.4, 0.5) is 11.6 Å². The highest BCUT2D eigenvalue weighted by molar-refractivity contribution is 5.77. The number of aryl methyl sites for hydroxylation is 1. The minimum atomic E-state index is -0.281. The van der Waals surface area contributed by atoms with Crippen LogP contribution in [-0.4, -0.2) is 31.8 Å². The Labute approximate surface area is 239 Å². The molecule has 0 atom stereocenters. The molecule has 0 amide bonds. The van der Waals surface area contributed by atoms with Gasteiger partial charge in [0.15, 0.2) is 11.2 Å². The van der Waals surface area contributed by atoms with E-state index in [0.29, 0.717) is 36.8 Å². The van der Waals surface area contributed by atoms with Crippen LogP contribution in [-0.2, 0) is 20.1 Å². The second-order valence-electron chi connectivity index (χ2n) is 11.2. The van der Waals surface area contributed by atoms with Crippen LogP contribution in [0.2, 0.25) is 0 Å². The van der Waals surface area contributed by atoms with Gasteiger partial charge in [0.1, 0.15) is 5.75 Å². The number of nitrogens with zero attached hydrogens (tertiary/aromatic N) is 5. The summed E-state index contributed by atoms with van der Waals surface area (Å²) in [5.41, 5.74) is 1.47. The smallest absolute Gasteiger partial charge is 0.332 e. The lowest BCUT2D eigenvalue weighted by molar-refractivity contribution is 0.340. The summed E-state index contributed by atoms with van der Waals surface area (Å²) in [6.07, 6.45) is 17.9. The van der Waals surface area contributed by atoms with Crippen molar-refractivity contribution < 1.29 is 4.74 Å². The van der Waals surface area contributed by atoms with Crippen molar-refractivity contribution >= 4 is 22.8 Å². The van der Waals surface area contributed by atoms with Gasteiger partial charge in [-0.05, 0) is 37.6 Å². The van der Waals surface area contributed by atoms with Crippen molar-refractivity contribution in [2.45, 2.75) is 117 Å². The van der Waals surface area contributed by atoms with Gasteiger partial charge in [-0.15, -0.1) is 0 Å². The van der Waals surface area contributed by atoms with E-state index >= 15 is 0 Å². The van der Waals surface area contributed by atoms with Gasteiger partial charge in [-0.2, -0.15) is 4.98 Å². The summed E-state index contributed by atoms with van der Waals surface area (Å²) in [4.78, 5) is 33.4. The van der Waals surface area contributed by atoms with Crippen LogP contribution in [0, 0.1) is 0 Å². The van der Waals surface area contributed by atoms with E-state index in [9.17, 15) is 9.59 Å². The number of fused-ring (bicyclic) bond motifs is 3. The lowest BCUT2D eigenvalue weighted by Gasteiger charge is -2.16. The molecular formula is C32H49N5O3. The van der Waals surface area contributed by atoms with E-state index in [0.717, 1.165) is 37.2 Å². The molecule has 0 radical (unpaired) electrons. The summed E-state index contributed by atoms with van der Waals surface area (Å²) in [6, 6.07) is 7.91. The van der Waals surface area contributed by atoms with Gasteiger partial charge in [0, 0.05) is 32.4 Å². The molecule has 1 aliphatic rings. The molecule has 0 fully saturated rings. The van der Waals surface area contributed by atoms with Crippen molar-refractivity contribution in [3.8, 4) is 5.75 Å². The number of rotatable bonds is 18. The Morgan fingerprint density at radius 1 is 0.775 bits per heavy atom. The third-order valence-electron chi connectivity index (χ3n) is 8.20. The number of imidazole rings is 1. The zero-order valence-electron chi connectivity index (χ0n) is 25.0. The monoisotopic (exact) mass is 551 g/mol. The lowest BCUT2D eigenvalue weighted by atomic mass is 10.0.